The maximum Gasteiger partial charge on any atom is 0.226 e. The van der Waals surface area contributed by atoms with Crippen molar-refractivity contribution in [1.82, 2.24) is 5.32 Å². The van der Waals surface area contributed by atoms with Crippen LogP contribution in [0.25, 0.3) is 0 Å². The summed E-state index contributed by atoms with van der Waals surface area (Å²) in [4.78, 5) is 11.4. The van der Waals surface area contributed by atoms with Crippen LogP contribution in [0.2, 0.25) is 0 Å². The highest BCUT2D eigenvalue weighted by Crippen LogP contribution is 2.16. The van der Waals surface area contributed by atoms with Crippen molar-refractivity contribution < 1.29 is 4.79 Å². The second-order valence-corrected chi connectivity index (χ2v) is 4.04. The van der Waals surface area contributed by atoms with Crippen LogP contribution in [0.4, 0.5) is 0 Å². The summed E-state index contributed by atoms with van der Waals surface area (Å²) in [5.41, 5.74) is 4.86. The summed E-state index contributed by atoms with van der Waals surface area (Å²) in [6.45, 7) is 5.03. The first-order valence-electron chi connectivity index (χ1n) is 4.59. The Bertz CT molecular complexity index is 160. The van der Waals surface area contributed by atoms with Gasteiger partial charge in [-0.1, -0.05) is 0 Å². The lowest BCUT2D eigenvalue weighted by Crippen LogP contribution is -2.38. The van der Waals surface area contributed by atoms with Crippen molar-refractivity contribution in [1.29, 1.82) is 0 Å². The molecule has 78 valence electrons. The van der Waals surface area contributed by atoms with Gasteiger partial charge in [0.1, 0.15) is 0 Å². The molecule has 0 aromatic rings. The first-order chi connectivity index (χ1) is 6.04. The third kappa shape index (κ3) is 5.11. The van der Waals surface area contributed by atoms with Gasteiger partial charge in [0, 0.05) is 12.4 Å². The molecule has 0 atom stereocenters. The number of halogens is 1. The van der Waals surface area contributed by atoms with Crippen molar-refractivity contribution in [3.05, 3.63) is 0 Å². The highest BCUT2D eigenvalue weighted by atomic mass is 35.5. The molecule has 0 aliphatic carbocycles. The van der Waals surface area contributed by atoms with E-state index in [1.807, 2.05) is 13.8 Å². The molecule has 4 heteroatoms. The number of amides is 1. The number of hydrogen-bond donors (Lipinski definition) is 2. The van der Waals surface area contributed by atoms with E-state index in [9.17, 15) is 4.79 Å². The minimum Gasteiger partial charge on any atom is -0.356 e. The Hall–Kier alpha value is -0.280. The van der Waals surface area contributed by atoms with Gasteiger partial charge in [0.15, 0.2) is 0 Å². The largest absolute Gasteiger partial charge is 0.356 e. The highest BCUT2D eigenvalue weighted by molar-refractivity contribution is 6.19. The van der Waals surface area contributed by atoms with Crippen molar-refractivity contribution in [2.24, 2.45) is 11.1 Å². The lowest BCUT2D eigenvalue weighted by molar-refractivity contribution is -0.128. The summed E-state index contributed by atoms with van der Waals surface area (Å²) < 4.78 is 0. The smallest absolute Gasteiger partial charge is 0.226 e. The molecule has 0 unspecified atom stereocenters. The van der Waals surface area contributed by atoms with E-state index in [4.69, 9.17) is 17.3 Å². The molecule has 0 fully saturated rings. The SMILES string of the molecule is CC(C)(CCl)C(=O)NCCCCN. The van der Waals surface area contributed by atoms with Crippen LogP contribution in [0.1, 0.15) is 26.7 Å². The zero-order chi connectivity index (χ0) is 10.3. The van der Waals surface area contributed by atoms with E-state index in [0.717, 1.165) is 12.8 Å². The number of alkyl halides is 1. The zero-order valence-corrected chi connectivity index (χ0v) is 9.16. The molecule has 0 saturated carbocycles. The molecule has 3 N–H and O–H groups in total. The van der Waals surface area contributed by atoms with Crippen LogP contribution < -0.4 is 11.1 Å². The Morgan fingerprint density at radius 2 is 2.08 bits per heavy atom. The van der Waals surface area contributed by atoms with Crippen molar-refractivity contribution in [2.45, 2.75) is 26.7 Å². The standard InChI is InChI=1S/C9H19ClN2O/c1-9(2,7-10)8(13)12-6-4-3-5-11/h3-7,11H2,1-2H3,(H,12,13). The van der Waals surface area contributed by atoms with Gasteiger partial charge in [-0.3, -0.25) is 4.79 Å². The van der Waals surface area contributed by atoms with Gasteiger partial charge >= 0.3 is 0 Å². The summed E-state index contributed by atoms with van der Waals surface area (Å²) in [5, 5.41) is 2.83. The van der Waals surface area contributed by atoms with Crippen LogP contribution in [0, 0.1) is 5.41 Å². The van der Waals surface area contributed by atoms with E-state index in [2.05, 4.69) is 5.32 Å². The molecule has 0 spiro atoms. The molecular formula is C9H19ClN2O. The molecule has 0 rings (SSSR count). The van der Waals surface area contributed by atoms with Crippen LogP contribution in [0.3, 0.4) is 0 Å². The van der Waals surface area contributed by atoms with E-state index in [-0.39, 0.29) is 5.91 Å². The van der Waals surface area contributed by atoms with Crippen LogP contribution in [0.15, 0.2) is 0 Å². The first-order valence-corrected chi connectivity index (χ1v) is 5.12. The normalized spacial score (nSPS) is 11.4. The first kappa shape index (κ1) is 12.7. The van der Waals surface area contributed by atoms with Crippen molar-refractivity contribution in [3.63, 3.8) is 0 Å². The molecule has 0 saturated heterocycles. The number of nitrogens with two attached hydrogens (primary N) is 1. The van der Waals surface area contributed by atoms with Gasteiger partial charge in [-0.15, -0.1) is 11.6 Å². The molecular weight excluding hydrogens is 188 g/mol. The Morgan fingerprint density at radius 3 is 2.54 bits per heavy atom. The molecule has 0 aliphatic heterocycles. The van der Waals surface area contributed by atoms with Gasteiger partial charge in [-0.2, -0.15) is 0 Å². The predicted octanol–water partition coefficient (Wildman–Crippen LogP) is 1.11. The minimum atomic E-state index is -0.468. The molecule has 0 aromatic heterocycles. The summed E-state index contributed by atoms with van der Waals surface area (Å²) in [6, 6.07) is 0. The second kappa shape index (κ2) is 6.22. The summed E-state index contributed by atoms with van der Waals surface area (Å²) in [6.07, 6.45) is 1.88. The van der Waals surface area contributed by atoms with Gasteiger partial charge in [-0.05, 0) is 33.2 Å². The number of carbonyl (C=O) groups excluding carboxylic acids is 1. The van der Waals surface area contributed by atoms with E-state index < -0.39 is 5.41 Å². The third-order valence-electron chi connectivity index (χ3n) is 1.87. The molecule has 0 radical (unpaired) electrons. The van der Waals surface area contributed by atoms with E-state index in [1.165, 1.54) is 0 Å². The number of unbranched alkanes of at least 4 members (excludes halogenated alkanes) is 1. The fourth-order valence-electron chi connectivity index (χ4n) is 0.771. The van der Waals surface area contributed by atoms with Gasteiger partial charge in [0.25, 0.3) is 0 Å². The van der Waals surface area contributed by atoms with Gasteiger partial charge < -0.3 is 11.1 Å². The summed E-state index contributed by atoms with van der Waals surface area (Å²) >= 11 is 5.65. The number of nitrogens with one attached hydrogen (secondary N) is 1. The van der Waals surface area contributed by atoms with E-state index in [1.54, 1.807) is 0 Å². The molecule has 0 bridgehead atoms. The number of rotatable bonds is 6. The molecule has 13 heavy (non-hydrogen) atoms. The Labute approximate surface area is 85.0 Å². The van der Waals surface area contributed by atoms with Crippen LogP contribution in [-0.2, 0) is 4.79 Å². The second-order valence-electron chi connectivity index (χ2n) is 3.77. The molecule has 3 nitrogen and oxygen atoms in total. The molecule has 0 aromatic carbocycles. The fraction of sp³-hybridized carbons (Fsp3) is 0.889. The lowest BCUT2D eigenvalue weighted by atomic mass is 9.95. The lowest BCUT2D eigenvalue weighted by Gasteiger charge is -2.20. The monoisotopic (exact) mass is 206 g/mol. The Morgan fingerprint density at radius 1 is 1.46 bits per heavy atom. The summed E-state index contributed by atoms with van der Waals surface area (Å²) in [5.74, 6) is 0.356. The van der Waals surface area contributed by atoms with Crippen LogP contribution in [0.5, 0.6) is 0 Å². The topological polar surface area (TPSA) is 55.1 Å². The predicted molar refractivity (Wildman–Crippen MR) is 55.8 cm³/mol. The maximum absolute atomic E-state index is 11.4. The number of hydrogen-bond acceptors (Lipinski definition) is 2. The Kier molecular flexibility index (Phi) is 6.08. The average Bonchev–Trinajstić information content (AvgIpc) is 2.12. The molecule has 0 heterocycles. The Balaban J connectivity index is 3.62. The van der Waals surface area contributed by atoms with Gasteiger partial charge in [-0.25, -0.2) is 0 Å². The molecule has 1 amide bonds. The van der Waals surface area contributed by atoms with Crippen LogP contribution >= 0.6 is 11.6 Å². The quantitative estimate of drug-likeness (QED) is 0.505. The third-order valence-corrected chi connectivity index (χ3v) is 2.53. The van der Waals surface area contributed by atoms with Crippen molar-refractivity contribution in [3.8, 4) is 0 Å². The molecule has 0 aliphatic rings. The summed E-state index contributed by atoms with van der Waals surface area (Å²) in [7, 11) is 0. The minimum absolute atomic E-state index is 0.0134. The van der Waals surface area contributed by atoms with Crippen molar-refractivity contribution >= 4 is 17.5 Å². The van der Waals surface area contributed by atoms with Gasteiger partial charge in [0.05, 0.1) is 5.41 Å². The maximum atomic E-state index is 11.4. The average molecular weight is 207 g/mol. The van der Waals surface area contributed by atoms with E-state index >= 15 is 0 Å². The highest BCUT2D eigenvalue weighted by Gasteiger charge is 2.25. The van der Waals surface area contributed by atoms with Gasteiger partial charge in [0.2, 0.25) is 5.91 Å². The fourth-order valence-corrected chi connectivity index (χ4v) is 0.893. The van der Waals surface area contributed by atoms with E-state index in [0.29, 0.717) is 19.0 Å². The number of carbonyl (C=O) groups is 1. The zero-order valence-electron chi connectivity index (χ0n) is 8.40. The van der Waals surface area contributed by atoms with Crippen molar-refractivity contribution in [2.75, 3.05) is 19.0 Å². The van der Waals surface area contributed by atoms with Crippen LogP contribution in [-0.4, -0.2) is 24.9 Å².